The zero-order valence-electron chi connectivity index (χ0n) is 25.3. The molecule has 6 aromatic carbocycles. The number of hydrogen-bond acceptors (Lipinski definition) is 1. The Bertz CT molecular complexity index is 3000. The molecule has 4 nitrogen and oxygen atoms in total. The Hall–Kier alpha value is -6.39. The predicted octanol–water partition coefficient (Wildman–Crippen LogP) is 10.9. The van der Waals surface area contributed by atoms with Crippen molar-refractivity contribution < 1.29 is 0 Å². The maximum Gasteiger partial charge on any atom is 0.138 e. The molecule has 0 spiro atoms. The van der Waals surface area contributed by atoms with E-state index in [-0.39, 0.29) is 0 Å². The van der Waals surface area contributed by atoms with Gasteiger partial charge in [0.25, 0.3) is 0 Å². The van der Waals surface area contributed by atoms with Crippen molar-refractivity contribution in [1.82, 2.24) is 18.5 Å². The minimum Gasteiger partial charge on any atom is -0.309 e. The van der Waals surface area contributed by atoms with Crippen molar-refractivity contribution in [2.75, 3.05) is 0 Å². The molecule has 0 unspecified atom stereocenters. The van der Waals surface area contributed by atoms with Gasteiger partial charge in [0.15, 0.2) is 0 Å². The summed E-state index contributed by atoms with van der Waals surface area (Å²) in [5.74, 6) is 0. The Morgan fingerprint density at radius 3 is 1.87 bits per heavy atom. The highest BCUT2D eigenvalue weighted by Crippen LogP contribution is 2.43. The van der Waals surface area contributed by atoms with Crippen molar-refractivity contribution in [1.29, 1.82) is 0 Å². The van der Waals surface area contributed by atoms with Gasteiger partial charge in [0, 0.05) is 49.3 Å². The molecule has 0 N–H and O–H groups in total. The van der Waals surface area contributed by atoms with Crippen molar-refractivity contribution in [2.45, 2.75) is 0 Å². The molecule has 0 atom stereocenters. The molecule has 0 amide bonds. The van der Waals surface area contributed by atoms with E-state index in [1.165, 1.54) is 71.1 Å². The van der Waals surface area contributed by atoms with E-state index >= 15 is 0 Å². The van der Waals surface area contributed by atoms with E-state index in [4.69, 9.17) is 4.98 Å². The molecular formula is C43H26N4. The van der Waals surface area contributed by atoms with Gasteiger partial charge in [-0.3, -0.25) is 4.40 Å². The number of rotatable bonds is 3. The van der Waals surface area contributed by atoms with Gasteiger partial charge in [0.1, 0.15) is 5.65 Å². The molecule has 0 fully saturated rings. The summed E-state index contributed by atoms with van der Waals surface area (Å²) in [6, 6.07) is 56.9. The largest absolute Gasteiger partial charge is 0.309 e. The topological polar surface area (TPSA) is 27.2 Å². The van der Waals surface area contributed by atoms with Gasteiger partial charge in [-0.1, -0.05) is 103 Å². The van der Waals surface area contributed by atoms with Crippen LogP contribution < -0.4 is 0 Å². The standard InChI is InChI=1S/C43H26N4/c1-3-12-27(13-4-1)41-43-32-23-22-29(26-34(32)37-20-11-21-39(44-41)47(37)43)45-36-19-10-8-17-33(36)40-38(45)25-24-31-30-16-7-9-18-35(30)46(42(31)40)28-14-5-2-6-15-28/h1-26H. The number of fused-ring (bicyclic) bond motifs is 10. The summed E-state index contributed by atoms with van der Waals surface area (Å²) >= 11 is 0. The van der Waals surface area contributed by atoms with E-state index in [0.717, 1.165) is 22.6 Å². The van der Waals surface area contributed by atoms with Crippen molar-refractivity contribution in [3.05, 3.63) is 158 Å². The second-order valence-electron chi connectivity index (χ2n) is 12.4. The molecule has 5 aromatic heterocycles. The molecule has 0 bridgehead atoms. The fourth-order valence-electron chi connectivity index (χ4n) is 8.07. The molecule has 11 aromatic rings. The van der Waals surface area contributed by atoms with Gasteiger partial charge in [0.2, 0.25) is 0 Å². The number of hydrogen-bond donors (Lipinski definition) is 0. The van der Waals surface area contributed by atoms with Crippen LogP contribution in [-0.4, -0.2) is 18.5 Å². The van der Waals surface area contributed by atoms with Crippen LogP contribution in [0.1, 0.15) is 0 Å². The van der Waals surface area contributed by atoms with Crippen molar-refractivity contribution in [3.8, 4) is 22.6 Å². The number of imidazole rings is 1. The molecule has 0 aliphatic rings. The highest BCUT2D eigenvalue weighted by atomic mass is 15.0. The van der Waals surface area contributed by atoms with E-state index in [2.05, 4.69) is 171 Å². The van der Waals surface area contributed by atoms with Gasteiger partial charge in [-0.25, -0.2) is 4.98 Å². The van der Waals surface area contributed by atoms with Crippen LogP contribution >= 0.6 is 0 Å². The van der Waals surface area contributed by atoms with Gasteiger partial charge in [-0.2, -0.15) is 0 Å². The molecule has 47 heavy (non-hydrogen) atoms. The number of para-hydroxylation sites is 3. The van der Waals surface area contributed by atoms with Crippen molar-refractivity contribution >= 4 is 71.1 Å². The first-order valence-corrected chi connectivity index (χ1v) is 16.1. The lowest BCUT2D eigenvalue weighted by Gasteiger charge is -2.10. The number of aromatic nitrogens is 4. The lowest BCUT2D eigenvalue weighted by atomic mass is 10.1. The third kappa shape index (κ3) is 3.23. The summed E-state index contributed by atoms with van der Waals surface area (Å²) in [7, 11) is 0. The predicted molar refractivity (Wildman–Crippen MR) is 196 cm³/mol. The van der Waals surface area contributed by atoms with E-state index in [0.29, 0.717) is 0 Å². The second kappa shape index (κ2) is 9.09. The normalized spacial score (nSPS) is 12.3. The fourth-order valence-corrected chi connectivity index (χ4v) is 8.07. The van der Waals surface area contributed by atoms with Crippen LogP contribution in [0.15, 0.2) is 158 Å². The average molecular weight is 599 g/mol. The second-order valence-corrected chi connectivity index (χ2v) is 12.4. The number of benzene rings is 6. The van der Waals surface area contributed by atoms with Crippen LogP contribution in [0, 0.1) is 0 Å². The molecule has 0 saturated heterocycles. The van der Waals surface area contributed by atoms with Crippen molar-refractivity contribution in [3.63, 3.8) is 0 Å². The number of nitrogens with zero attached hydrogens (tertiary/aromatic N) is 4. The van der Waals surface area contributed by atoms with Gasteiger partial charge in [-0.15, -0.1) is 0 Å². The molecule has 218 valence electrons. The highest BCUT2D eigenvalue weighted by Gasteiger charge is 2.22. The van der Waals surface area contributed by atoms with E-state index in [1.54, 1.807) is 0 Å². The summed E-state index contributed by atoms with van der Waals surface area (Å²) in [4.78, 5) is 5.08. The van der Waals surface area contributed by atoms with Crippen LogP contribution in [0.25, 0.3) is 93.7 Å². The first-order valence-electron chi connectivity index (χ1n) is 16.1. The lowest BCUT2D eigenvalue weighted by molar-refractivity contribution is 1.18. The maximum atomic E-state index is 5.08. The monoisotopic (exact) mass is 598 g/mol. The maximum absolute atomic E-state index is 5.08. The van der Waals surface area contributed by atoms with Gasteiger partial charge >= 0.3 is 0 Å². The average Bonchev–Trinajstić information content (AvgIpc) is 3.87. The summed E-state index contributed by atoms with van der Waals surface area (Å²) in [6.45, 7) is 0. The first kappa shape index (κ1) is 24.9. The molecule has 11 rings (SSSR count). The first-order chi connectivity index (χ1) is 23.3. The molecule has 0 saturated carbocycles. The fraction of sp³-hybridized carbons (Fsp3) is 0. The van der Waals surface area contributed by atoms with Crippen LogP contribution in [0.2, 0.25) is 0 Å². The molecule has 0 radical (unpaired) electrons. The highest BCUT2D eigenvalue weighted by molar-refractivity contribution is 6.26. The zero-order chi connectivity index (χ0) is 30.6. The summed E-state index contributed by atoms with van der Waals surface area (Å²) in [5.41, 5.74) is 12.6. The Balaban J connectivity index is 1.26. The summed E-state index contributed by atoms with van der Waals surface area (Å²) in [6.07, 6.45) is 0. The number of pyridine rings is 1. The van der Waals surface area contributed by atoms with Gasteiger partial charge in [0.05, 0.1) is 38.8 Å². The van der Waals surface area contributed by atoms with Crippen molar-refractivity contribution in [2.24, 2.45) is 0 Å². The van der Waals surface area contributed by atoms with Crippen LogP contribution in [0.4, 0.5) is 0 Å². The Morgan fingerprint density at radius 2 is 1.04 bits per heavy atom. The Morgan fingerprint density at radius 1 is 0.383 bits per heavy atom. The smallest absolute Gasteiger partial charge is 0.138 e. The van der Waals surface area contributed by atoms with Crippen LogP contribution in [0.5, 0.6) is 0 Å². The summed E-state index contributed by atoms with van der Waals surface area (Å²) < 4.78 is 7.21. The summed E-state index contributed by atoms with van der Waals surface area (Å²) in [5, 5.41) is 7.49. The van der Waals surface area contributed by atoms with Gasteiger partial charge < -0.3 is 9.13 Å². The molecule has 4 heteroatoms. The van der Waals surface area contributed by atoms with E-state index in [9.17, 15) is 0 Å². The third-order valence-corrected chi connectivity index (χ3v) is 9.97. The van der Waals surface area contributed by atoms with Crippen LogP contribution in [0.3, 0.4) is 0 Å². The zero-order valence-corrected chi connectivity index (χ0v) is 25.3. The quantitative estimate of drug-likeness (QED) is 0.199. The Labute approximate surface area is 269 Å². The molecular weight excluding hydrogens is 573 g/mol. The SMILES string of the molecule is c1ccc(-c2nc3cccc4c5cc(-n6c7ccccc7c7c6ccc6c8ccccc8n(-c8ccccc8)c67)ccc5c2n34)cc1. The van der Waals surface area contributed by atoms with E-state index in [1.807, 2.05) is 0 Å². The minimum atomic E-state index is 0.974. The van der Waals surface area contributed by atoms with E-state index < -0.39 is 0 Å². The molecule has 0 aliphatic carbocycles. The molecule has 0 aliphatic heterocycles. The lowest BCUT2D eigenvalue weighted by Crippen LogP contribution is -1.95. The Kier molecular flexibility index (Phi) is 4.81. The third-order valence-electron chi connectivity index (χ3n) is 9.97. The van der Waals surface area contributed by atoms with Gasteiger partial charge in [-0.05, 0) is 54.6 Å². The van der Waals surface area contributed by atoms with Crippen LogP contribution in [-0.2, 0) is 0 Å². The minimum absolute atomic E-state index is 0.974. The molecule has 5 heterocycles.